The zero-order valence-corrected chi connectivity index (χ0v) is 20.4. The van der Waals surface area contributed by atoms with Gasteiger partial charge >= 0.3 is 0 Å². The summed E-state index contributed by atoms with van der Waals surface area (Å²) in [5.74, 6) is 3.39. The van der Waals surface area contributed by atoms with Gasteiger partial charge in [-0.05, 0) is 26.2 Å². The fourth-order valence-electron chi connectivity index (χ4n) is 3.95. The molecule has 3 rings (SSSR count). The van der Waals surface area contributed by atoms with E-state index in [9.17, 15) is 0 Å². The quantitative estimate of drug-likeness (QED) is 0.246. The Morgan fingerprint density at radius 3 is 2.66 bits per heavy atom. The average Bonchev–Trinajstić information content (AvgIpc) is 3.31. The molecule has 2 aliphatic rings. The largest absolute Gasteiger partial charge is 0.382 e. The van der Waals surface area contributed by atoms with Crippen LogP contribution in [-0.4, -0.2) is 71.7 Å². The Bertz CT molecular complexity index is 632. The van der Waals surface area contributed by atoms with Crippen LogP contribution in [0, 0.1) is 12.8 Å². The van der Waals surface area contributed by atoms with Crippen LogP contribution in [0.25, 0.3) is 0 Å². The third kappa shape index (κ3) is 7.36. The Balaban J connectivity index is 0.00000300. The molecule has 0 spiro atoms. The summed E-state index contributed by atoms with van der Waals surface area (Å²) in [6, 6.07) is 0.533. The highest BCUT2D eigenvalue weighted by Gasteiger charge is 2.27. The van der Waals surface area contributed by atoms with Crippen LogP contribution in [0.5, 0.6) is 0 Å². The maximum Gasteiger partial charge on any atom is 0.194 e. The van der Waals surface area contributed by atoms with Crippen molar-refractivity contribution in [2.24, 2.45) is 18.0 Å². The van der Waals surface area contributed by atoms with Crippen LogP contribution in [0.4, 0.5) is 0 Å². The summed E-state index contributed by atoms with van der Waals surface area (Å²) in [7, 11) is 3.70. The number of aliphatic imine (C=N–C) groups is 1. The van der Waals surface area contributed by atoms with Gasteiger partial charge in [0.25, 0.3) is 0 Å². The van der Waals surface area contributed by atoms with E-state index in [1.54, 1.807) is 7.11 Å². The Morgan fingerprint density at radius 2 is 1.97 bits per heavy atom. The van der Waals surface area contributed by atoms with Crippen molar-refractivity contribution in [2.75, 3.05) is 40.0 Å². The van der Waals surface area contributed by atoms with Crippen molar-refractivity contribution < 1.29 is 9.47 Å². The number of hydrogen-bond acceptors (Lipinski definition) is 5. The molecule has 1 saturated carbocycles. The highest BCUT2D eigenvalue weighted by atomic mass is 127. The first kappa shape index (κ1) is 24.3. The molecular formula is C20H37IN6O2. The molecule has 9 heteroatoms. The van der Waals surface area contributed by atoms with E-state index in [0.29, 0.717) is 31.7 Å². The molecule has 0 amide bonds. The summed E-state index contributed by atoms with van der Waals surface area (Å²) >= 11 is 0. The molecular weight excluding hydrogens is 483 g/mol. The van der Waals surface area contributed by atoms with Gasteiger partial charge in [0.05, 0.1) is 19.8 Å². The lowest BCUT2D eigenvalue weighted by Crippen LogP contribution is -2.46. The lowest BCUT2D eigenvalue weighted by Gasteiger charge is -2.29. The van der Waals surface area contributed by atoms with E-state index >= 15 is 0 Å². The number of rotatable bonds is 8. The number of methoxy groups -OCH3 is 1. The molecule has 1 aliphatic carbocycles. The molecule has 1 unspecified atom stereocenters. The van der Waals surface area contributed by atoms with Crippen LogP contribution in [0.15, 0.2) is 4.99 Å². The summed E-state index contributed by atoms with van der Waals surface area (Å²) < 4.78 is 12.8. The standard InChI is InChI=1S/C20H36N6O2.HI/c1-16-23-24-19(25(16)2)13-21-20(22-18-7-5-4-6-8-18)26-10-9-17(14-26)15-28-12-11-27-3;/h17-18H,4-15H2,1-3H3,(H,21,22);1H. The Hall–Kier alpha value is -0.940. The summed E-state index contributed by atoms with van der Waals surface area (Å²) in [6.45, 7) is 6.65. The Morgan fingerprint density at radius 1 is 1.17 bits per heavy atom. The summed E-state index contributed by atoms with van der Waals surface area (Å²) in [6.07, 6.45) is 7.58. The predicted octanol–water partition coefficient (Wildman–Crippen LogP) is 2.50. The van der Waals surface area contributed by atoms with Gasteiger partial charge < -0.3 is 24.3 Å². The second kappa shape index (κ2) is 12.7. The Kier molecular flexibility index (Phi) is 10.6. The van der Waals surface area contributed by atoms with Crippen molar-refractivity contribution in [3.05, 3.63) is 11.6 Å². The first-order valence-electron chi connectivity index (χ1n) is 10.6. The Labute approximate surface area is 191 Å². The van der Waals surface area contributed by atoms with E-state index in [1.807, 2.05) is 18.5 Å². The van der Waals surface area contributed by atoms with Crippen molar-refractivity contribution in [1.82, 2.24) is 25.0 Å². The number of aromatic nitrogens is 3. The molecule has 1 atom stereocenters. The van der Waals surface area contributed by atoms with Crippen LogP contribution in [0.2, 0.25) is 0 Å². The molecule has 1 N–H and O–H groups in total. The number of likely N-dealkylation sites (tertiary alicyclic amines) is 1. The minimum absolute atomic E-state index is 0. The molecule has 0 aromatic carbocycles. The number of aryl methyl sites for hydroxylation is 1. The normalized spacial score (nSPS) is 20.7. The molecule has 29 heavy (non-hydrogen) atoms. The minimum atomic E-state index is 0. The highest BCUT2D eigenvalue weighted by molar-refractivity contribution is 14.0. The topological polar surface area (TPSA) is 76.8 Å². The summed E-state index contributed by atoms with van der Waals surface area (Å²) in [4.78, 5) is 7.33. The van der Waals surface area contributed by atoms with E-state index in [2.05, 4.69) is 20.4 Å². The van der Waals surface area contributed by atoms with Gasteiger partial charge in [0.1, 0.15) is 12.4 Å². The third-order valence-corrected chi connectivity index (χ3v) is 5.86. The van der Waals surface area contributed by atoms with Crippen LogP contribution >= 0.6 is 24.0 Å². The molecule has 0 radical (unpaired) electrons. The first-order valence-corrected chi connectivity index (χ1v) is 10.6. The monoisotopic (exact) mass is 520 g/mol. The maximum atomic E-state index is 5.75. The van der Waals surface area contributed by atoms with Gasteiger partial charge in [0.2, 0.25) is 0 Å². The van der Waals surface area contributed by atoms with Crippen LogP contribution < -0.4 is 5.32 Å². The van der Waals surface area contributed by atoms with Gasteiger partial charge in [-0.15, -0.1) is 34.2 Å². The molecule has 0 bridgehead atoms. The van der Waals surface area contributed by atoms with Crippen LogP contribution in [0.3, 0.4) is 0 Å². The molecule has 2 fully saturated rings. The van der Waals surface area contributed by atoms with Gasteiger partial charge in [0, 0.05) is 39.2 Å². The van der Waals surface area contributed by atoms with E-state index in [1.165, 1.54) is 32.1 Å². The van der Waals surface area contributed by atoms with Crippen LogP contribution in [-0.2, 0) is 23.1 Å². The number of nitrogens with one attached hydrogen (secondary N) is 1. The first-order chi connectivity index (χ1) is 13.7. The third-order valence-electron chi connectivity index (χ3n) is 5.86. The van der Waals surface area contributed by atoms with E-state index in [0.717, 1.165) is 43.7 Å². The van der Waals surface area contributed by atoms with Gasteiger partial charge in [-0.25, -0.2) is 4.99 Å². The van der Waals surface area contributed by atoms with Crippen molar-refractivity contribution in [3.63, 3.8) is 0 Å². The van der Waals surface area contributed by atoms with Crippen molar-refractivity contribution in [1.29, 1.82) is 0 Å². The molecule has 2 heterocycles. The predicted molar refractivity (Wildman–Crippen MR) is 125 cm³/mol. The number of hydrogen-bond donors (Lipinski definition) is 1. The zero-order valence-electron chi connectivity index (χ0n) is 18.1. The fraction of sp³-hybridized carbons (Fsp3) is 0.850. The van der Waals surface area contributed by atoms with Gasteiger partial charge in [0.15, 0.2) is 11.8 Å². The number of halogens is 1. The smallest absolute Gasteiger partial charge is 0.194 e. The molecule has 1 saturated heterocycles. The van der Waals surface area contributed by atoms with Crippen molar-refractivity contribution >= 4 is 29.9 Å². The lowest BCUT2D eigenvalue weighted by atomic mass is 9.96. The van der Waals surface area contributed by atoms with E-state index in [-0.39, 0.29) is 24.0 Å². The second-order valence-electron chi connectivity index (χ2n) is 8.01. The second-order valence-corrected chi connectivity index (χ2v) is 8.01. The van der Waals surface area contributed by atoms with Crippen LogP contribution in [0.1, 0.15) is 50.2 Å². The van der Waals surface area contributed by atoms with Gasteiger partial charge in [-0.2, -0.15) is 0 Å². The van der Waals surface area contributed by atoms with E-state index in [4.69, 9.17) is 14.5 Å². The molecule has 166 valence electrons. The molecule has 1 aromatic heterocycles. The number of nitrogens with zero attached hydrogens (tertiary/aromatic N) is 5. The summed E-state index contributed by atoms with van der Waals surface area (Å²) in [5, 5.41) is 12.2. The van der Waals surface area contributed by atoms with E-state index < -0.39 is 0 Å². The maximum absolute atomic E-state index is 5.75. The minimum Gasteiger partial charge on any atom is -0.382 e. The SMILES string of the molecule is COCCOCC1CCN(C(=NCc2nnc(C)n2C)NC2CCCCC2)C1.I. The molecule has 1 aliphatic heterocycles. The van der Waals surface area contributed by atoms with Gasteiger partial charge in [-0.1, -0.05) is 19.3 Å². The van der Waals surface area contributed by atoms with Gasteiger partial charge in [-0.3, -0.25) is 0 Å². The highest BCUT2D eigenvalue weighted by Crippen LogP contribution is 2.20. The van der Waals surface area contributed by atoms with Crippen molar-refractivity contribution in [3.8, 4) is 0 Å². The number of guanidine groups is 1. The average molecular weight is 520 g/mol. The molecule has 1 aromatic rings. The number of ether oxygens (including phenoxy) is 2. The summed E-state index contributed by atoms with van der Waals surface area (Å²) in [5.41, 5.74) is 0. The lowest BCUT2D eigenvalue weighted by molar-refractivity contribution is 0.0536. The zero-order chi connectivity index (χ0) is 19.8. The fourth-order valence-corrected chi connectivity index (χ4v) is 3.95. The molecule has 8 nitrogen and oxygen atoms in total. The van der Waals surface area contributed by atoms with Crippen molar-refractivity contribution in [2.45, 2.75) is 58.0 Å².